The van der Waals surface area contributed by atoms with E-state index in [0.717, 1.165) is 12.5 Å². The minimum atomic E-state index is 0.252. The van der Waals surface area contributed by atoms with Crippen LogP contribution in [0.3, 0.4) is 0 Å². The molecule has 3 nitrogen and oxygen atoms in total. The van der Waals surface area contributed by atoms with Gasteiger partial charge in [0.15, 0.2) is 0 Å². The second-order valence-corrected chi connectivity index (χ2v) is 8.11. The number of likely N-dealkylation sites (N-methyl/N-ethyl adjacent to an activating group) is 1. The molecule has 1 spiro atoms. The van der Waals surface area contributed by atoms with E-state index in [1.165, 1.54) is 64.5 Å². The van der Waals surface area contributed by atoms with Crippen molar-refractivity contribution in [3.63, 3.8) is 0 Å². The summed E-state index contributed by atoms with van der Waals surface area (Å²) in [6.45, 7) is 8.45. The Morgan fingerprint density at radius 3 is 2.43 bits per heavy atom. The highest BCUT2D eigenvalue weighted by Crippen LogP contribution is 2.46. The number of likely N-dealkylation sites (tertiary alicyclic amines) is 1. The van der Waals surface area contributed by atoms with Crippen LogP contribution in [-0.4, -0.2) is 48.8 Å². The molecule has 2 atom stereocenters. The topological polar surface area (TPSA) is 24.5 Å². The van der Waals surface area contributed by atoms with Gasteiger partial charge in [0.25, 0.3) is 0 Å². The lowest BCUT2D eigenvalue weighted by Crippen LogP contribution is -2.63. The van der Waals surface area contributed by atoms with Gasteiger partial charge in [0.1, 0.15) is 0 Å². The normalized spacial score (nSPS) is 31.9. The van der Waals surface area contributed by atoms with Crippen LogP contribution in [0, 0.1) is 5.92 Å². The van der Waals surface area contributed by atoms with Gasteiger partial charge in [0.05, 0.1) is 5.60 Å². The van der Waals surface area contributed by atoms with E-state index in [1.807, 2.05) is 0 Å². The number of ether oxygens (including phenoxy) is 1. The van der Waals surface area contributed by atoms with Gasteiger partial charge in [0, 0.05) is 18.2 Å². The molecule has 0 amide bonds. The summed E-state index contributed by atoms with van der Waals surface area (Å²) in [5.41, 5.74) is 0.512. The van der Waals surface area contributed by atoms with Crippen molar-refractivity contribution in [3.05, 3.63) is 0 Å². The van der Waals surface area contributed by atoms with Gasteiger partial charge in [-0.3, -0.25) is 4.90 Å². The SMILES string of the molecule is CNC(C1CCOC2(CCC2)C1)C(C)(C)N1CCCCC1. The molecule has 2 unspecified atom stereocenters. The summed E-state index contributed by atoms with van der Waals surface area (Å²) in [6, 6.07) is 0.581. The first-order chi connectivity index (χ1) is 10.1. The third-order valence-electron chi connectivity index (χ3n) is 6.51. The molecule has 0 aromatic heterocycles. The predicted molar refractivity (Wildman–Crippen MR) is 87.6 cm³/mol. The third-order valence-corrected chi connectivity index (χ3v) is 6.51. The zero-order valence-corrected chi connectivity index (χ0v) is 14.3. The van der Waals surface area contributed by atoms with Gasteiger partial charge in [-0.05, 0) is 84.8 Å². The van der Waals surface area contributed by atoms with Crippen molar-refractivity contribution >= 4 is 0 Å². The zero-order valence-electron chi connectivity index (χ0n) is 14.3. The Balaban J connectivity index is 1.70. The van der Waals surface area contributed by atoms with Gasteiger partial charge in [-0.15, -0.1) is 0 Å². The number of hydrogen-bond donors (Lipinski definition) is 1. The first kappa shape index (κ1) is 15.8. The minimum absolute atomic E-state index is 0.252. The molecule has 1 saturated carbocycles. The van der Waals surface area contributed by atoms with Gasteiger partial charge in [-0.25, -0.2) is 0 Å². The van der Waals surface area contributed by atoms with E-state index in [0.29, 0.717) is 6.04 Å². The smallest absolute Gasteiger partial charge is 0.0685 e. The van der Waals surface area contributed by atoms with Crippen molar-refractivity contribution in [2.24, 2.45) is 5.92 Å². The van der Waals surface area contributed by atoms with Crippen LogP contribution in [-0.2, 0) is 4.74 Å². The van der Waals surface area contributed by atoms with Crippen molar-refractivity contribution in [2.75, 3.05) is 26.7 Å². The highest BCUT2D eigenvalue weighted by Gasteiger charge is 2.47. The molecule has 0 radical (unpaired) electrons. The van der Waals surface area contributed by atoms with Crippen LogP contribution >= 0.6 is 0 Å². The fourth-order valence-electron chi connectivity index (χ4n) is 5.10. The molecule has 2 aliphatic heterocycles. The van der Waals surface area contributed by atoms with E-state index in [9.17, 15) is 0 Å². The van der Waals surface area contributed by atoms with Crippen molar-refractivity contribution in [1.82, 2.24) is 10.2 Å². The molecule has 2 saturated heterocycles. The molecule has 21 heavy (non-hydrogen) atoms. The van der Waals surface area contributed by atoms with Crippen LogP contribution in [0.15, 0.2) is 0 Å². The van der Waals surface area contributed by atoms with E-state index in [2.05, 4.69) is 31.1 Å². The third kappa shape index (κ3) is 3.02. The molecular formula is C18H34N2O. The van der Waals surface area contributed by atoms with E-state index in [4.69, 9.17) is 4.74 Å². The Kier molecular flexibility index (Phi) is 4.63. The lowest BCUT2D eigenvalue weighted by atomic mass is 9.67. The van der Waals surface area contributed by atoms with Crippen LogP contribution in [0.25, 0.3) is 0 Å². The van der Waals surface area contributed by atoms with E-state index >= 15 is 0 Å². The van der Waals surface area contributed by atoms with E-state index < -0.39 is 0 Å². The molecule has 1 aliphatic carbocycles. The molecule has 0 aromatic carbocycles. The lowest BCUT2D eigenvalue weighted by Gasteiger charge is -2.53. The number of hydrogen-bond acceptors (Lipinski definition) is 3. The van der Waals surface area contributed by atoms with Crippen LogP contribution in [0.1, 0.15) is 65.2 Å². The standard InChI is InChI=1S/C18H34N2O/c1-17(2,20-11-5-4-6-12-20)16(19-3)15-8-13-21-18(14-15)9-7-10-18/h15-16,19H,4-14H2,1-3H3. The monoisotopic (exact) mass is 294 g/mol. The first-order valence-electron chi connectivity index (χ1n) is 9.14. The van der Waals surface area contributed by atoms with Gasteiger partial charge in [-0.2, -0.15) is 0 Å². The number of nitrogens with zero attached hydrogens (tertiary/aromatic N) is 1. The van der Waals surface area contributed by atoms with Gasteiger partial charge < -0.3 is 10.1 Å². The Hall–Kier alpha value is -0.120. The molecule has 2 heterocycles. The molecule has 0 bridgehead atoms. The van der Waals surface area contributed by atoms with Crippen molar-refractivity contribution in [2.45, 2.75) is 82.4 Å². The fourth-order valence-corrected chi connectivity index (χ4v) is 5.10. The molecular weight excluding hydrogens is 260 g/mol. The molecule has 122 valence electrons. The first-order valence-corrected chi connectivity index (χ1v) is 9.14. The Morgan fingerprint density at radius 2 is 1.86 bits per heavy atom. The summed E-state index contributed by atoms with van der Waals surface area (Å²) in [4.78, 5) is 2.74. The lowest BCUT2D eigenvalue weighted by molar-refractivity contribution is -0.152. The van der Waals surface area contributed by atoms with E-state index in [1.54, 1.807) is 0 Å². The van der Waals surface area contributed by atoms with Crippen LogP contribution < -0.4 is 5.32 Å². The summed E-state index contributed by atoms with van der Waals surface area (Å²) in [5.74, 6) is 0.765. The molecule has 3 fully saturated rings. The maximum atomic E-state index is 6.14. The Bertz CT molecular complexity index is 345. The highest BCUT2D eigenvalue weighted by atomic mass is 16.5. The molecule has 3 rings (SSSR count). The summed E-state index contributed by atoms with van der Waals surface area (Å²) >= 11 is 0. The van der Waals surface area contributed by atoms with Crippen molar-refractivity contribution < 1.29 is 4.74 Å². The maximum absolute atomic E-state index is 6.14. The minimum Gasteiger partial charge on any atom is -0.375 e. The number of rotatable bonds is 4. The zero-order chi connectivity index (χ0) is 14.9. The van der Waals surface area contributed by atoms with Gasteiger partial charge >= 0.3 is 0 Å². The second-order valence-electron chi connectivity index (χ2n) is 8.11. The van der Waals surface area contributed by atoms with Gasteiger partial charge in [-0.1, -0.05) is 6.42 Å². The van der Waals surface area contributed by atoms with Crippen LogP contribution in [0.5, 0.6) is 0 Å². The predicted octanol–water partition coefficient (Wildman–Crippen LogP) is 3.19. The van der Waals surface area contributed by atoms with E-state index in [-0.39, 0.29) is 11.1 Å². The summed E-state index contributed by atoms with van der Waals surface area (Å²) < 4.78 is 6.14. The maximum Gasteiger partial charge on any atom is 0.0685 e. The van der Waals surface area contributed by atoms with Crippen LogP contribution in [0.2, 0.25) is 0 Å². The van der Waals surface area contributed by atoms with Crippen LogP contribution in [0.4, 0.5) is 0 Å². The van der Waals surface area contributed by atoms with Crippen molar-refractivity contribution in [1.29, 1.82) is 0 Å². The Labute approximate surface area is 130 Å². The number of piperidine rings is 1. The molecule has 3 aliphatic rings. The highest BCUT2D eigenvalue weighted by molar-refractivity contribution is 5.03. The average molecular weight is 294 g/mol. The molecule has 1 N–H and O–H groups in total. The van der Waals surface area contributed by atoms with Gasteiger partial charge in [0.2, 0.25) is 0 Å². The second kappa shape index (κ2) is 6.17. The largest absolute Gasteiger partial charge is 0.375 e. The average Bonchev–Trinajstić information content (AvgIpc) is 2.47. The summed E-state index contributed by atoms with van der Waals surface area (Å²) in [6.07, 6.45) is 10.6. The number of nitrogens with one attached hydrogen (secondary N) is 1. The summed E-state index contributed by atoms with van der Waals surface area (Å²) in [7, 11) is 2.17. The summed E-state index contributed by atoms with van der Waals surface area (Å²) in [5, 5.41) is 3.70. The quantitative estimate of drug-likeness (QED) is 0.862. The Morgan fingerprint density at radius 1 is 1.14 bits per heavy atom. The molecule has 3 heteroatoms. The van der Waals surface area contributed by atoms with Crippen molar-refractivity contribution in [3.8, 4) is 0 Å². The molecule has 0 aromatic rings. The fraction of sp³-hybridized carbons (Fsp3) is 1.00.